The van der Waals surface area contributed by atoms with Crippen molar-refractivity contribution in [3.63, 3.8) is 0 Å². The van der Waals surface area contributed by atoms with Gasteiger partial charge in [0.25, 0.3) is 0 Å². The van der Waals surface area contributed by atoms with Gasteiger partial charge < -0.3 is 15.2 Å². The highest BCUT2D eigenvalue weighted by Crippen LogP contribution is 2.08. The van der Waals surface area contributed by atoms with Crippen LogP contribution in [0.2, 0.25) is 0 Å². The third-order valence-electron chi connectivity index (χ3n) is 2.72. The SMILES string of the molecule is NCCc1nc(CCN2CCCC2)no1. The largest absolute Gasteiger partial charge is 0.339 e. The molecule has 1 aromatic heterocycles. The van der Waals surface area contributed by atoms with Crippen molar-refractivity contribution in [1.82, 2.24) is 15.0 Å². The lowest BCUT2D eigenvalue weighted by molar-refractivity contribution is 0.334. The number of aromatic nitrogens is 2. The number of rotatable bonds is 5. The van der Waals surface area contributed by atoms with Crippen LogP contribution in [-0.2, 0) is 12.8 Å². The topological polar surface area (TPSA) is 68.2 Å². The third-order valence-corrected chi connectivity index (χ3v) is 2.72. The van der Waals surface area contributed by atoms with E-state index < -0.39 is 0 Å². The van der Waals surface area contributed by atoms with Crippen molar-refractivity contribution in [2.24, 2.45) is 5.73 Å². The molecule has 2 rings (SSSR count). The molecule has 0 unspecified atom stereocenters. The van der Waals surface area contributed by atoms with E-state index in [1.165, 1.54) is 25.9 Å². The van der Waals surface area contributed by atoms with Gasteiger partial charge in [0.15, 0.2) is 5.82 Å². The minimum Gasteiger partial charge on any atom is -0.339 e. The molecule has 0 radical (unpaired) electrons. The Hall–Kier alpha value is -0.940. The summed E-state index contributed by atoms with van der Waals surface area (Å²) in [5.41, 5.74) is 5.41. The van der Waals surface area contributed by atoms with Crippen molar-refractivity contribution in [2.45, 2.75) is 25.7 Å². The summed E-state index contributed by atoms with van der Waals surface area (Å²) in [6.07, 6.45) is 4.21. The lowest BCUT2D eigenvalue weighted by atomic mass is 10.3. The van der Waals surface area contributed by atoms with Gasteiger partial charge >= 0.3 is 0 Å². The Labute approximate surface area is 89.6 Å². The predicted molar refractivity (Wildman–Crippen MR) is 56.4 cm³/mol. The molecule has 2 N–H and O–H groups in total. The van der Waals surface area contributed by atoms with Gasteiger partial charge in [0.2, 0.25) is 5.89 Å². The second kappa shape index (κ2) is 5.23. The van der Waals surface area contributed by atoms with E-state index in [1.807, 2.05) is 0 Å². The fraction of sp³-hybridized carbons (Fsp3) is 0.800. The zero-order valence-corrected chi connectivity index (χ0v) is 8.98. The van der Waals surface area contributed by atoms with E-state index in [2.05, 4.69) is 15.0 Å². The fourth-order valence-electron chi connectivity index (χ4n) is 1.88. The van der Waals surface area contributed by atoms with Gasteiger partial charge in [-0.05, 0) is 25.9 Å². The quantitative estimate of drug-likeness (QED) is 0.752. The van der Waals surface area contributed by atoms with Gasteiger partial charge in [-0.15, -0.1) is 0 Å². The Balaban J connectivity index is 1.77. The molecule has 0 spiro atoms. The first-order valence-electron chi connectivity index (χ1n) is 5.62. The lowest BCUT2D eigenvalue weighted by Gasteiger charge is -2.11. The van der Waals surface area contributed by atoms with Gasteiger partial charge in [-0.2, -0.15) is 4.98 Å². The maximum atomic E-state index is 5.41. The molecule has 15 heavy (non-hydrogen) atoms. The highest BCUT2D eigenvalue weighted by atomic mass is 16.5. The third kappa shape index (κ3) is 3.00. The summed E-state index contributed by atoms with van der Waals surface area (Å²) >= 11 is 0. The number of hydrogen-bond acceptors (Lipinski definition) is 5. The van der Waals surface area contributed by atoms with E-state index >= 15 is 0 Å². The van der Waals surface area contributed by atoms with Crippen LogP contribution in [0.4, 0.5) is 0 Å². The fourth-order valence-corrected chi connectivity index (χ4v) is 1.88. The highest BCUT2D eigenvalue weighted by molar-refractivity contribution is 4.88. The van der Waals surface area contributed by atoms with Crippen molar-refractivity contribution in [1.29, 1.82) is 0 Å². The minimum absolute atomic E-state index is 0.563. The molecule has 1 aromatic rings. The van der Waals surface area contributed by atoms with Gasteiger partial charge in [-0.3, -0.25) is 0 Å². The summed E-state index contributed by atoms with van der Waals surface area (Å²) in [6, 6.07) is 0. The number of likely N-dealkylation sites (tertiary alicyclic amines) is 1. The first-order valence-corrected chi connectivity index (χ1v) is 5.62. The molecule has 5 nitrogen and oxygen atoms in total. The van der Waals surface area contributed by atoms with E-state index in [0.717, 1.165) is 18.8 Å². The summed E-state index contributed by atoms with van der Waals surface area (Å²) in [7, 11) is 0. The second-order valence-corrected chi connectivity index (χ2v) is 3.94. The van der Waals surface area contributed by atoms with E-state index in [0.29, 0.717) is 18.9 Å². The number of hydrogen-bond donors (Lipinski definition) is 1. The Bertz CT molecular complexity index is 293. The summed E-state index contributed by atoms with van der Waals surface area (Å²) in [4.78, 5) is 6.72. The zero-order valence-electron chi connectivity index (χ0n) is 8.98. The number of nitrogens with two attached hydrogens (primary N) is 1. The van der Waals surface area contributed by atoms with Crippen LogP contribution in [-0.4, -0.2) is 41.2 Å². The average Bonchev–Trinajstić information content (AvgIpc) is 2.85. The van der Waals surface area contributed by atoms with E-state index in [4.69, 9.17) is 10.3 Å². The average molecular weight is 210 g/mol. The van der Waals surface area contributed by atoms with Gasteiger partial charge in [-0.25, -0.2) is 0 Å². The summed E-state index contributed by atoms with van der Waals surface area (Å²) < 4.78 is 5.06. The molecule has 1 saturated heterocycles. The van der Waals surface area contributed by atoms with Crippen molar-refractivity contribution in [3.05, 3.63) is 11.7 Å². The molecular formula is C10H18N4O. The van der Waals surface area contributed by atoms with E-state index in [9.17, 15) is 0 Å². The van der Waals surface area contributed by atoms with Crippen LogP contribution in [0.5, 0.6) is 0 Å². The van der Waals surface area contributed by atoms with E-state index in [-0.39, 0.29) is 0 Å². The molecule has 0 atom stereocenters. The van der Waals surface area contributed by atoms with Crippen LogP contribution in [0.15, 0.2) is 4.52 Å². The van der Waals surface area contributed by atoms with Crippen molar-refractivity contribution >= 4 is 0 Å². The van der Waals surface area contributed by atoms with Crippen LogP contribution >= 0.6 is 0 Å². The molecule has 1 aliphatic rings. The van der Waals surface area contributed by atoms with Crippen molar-refractivity contribution in [3.8, 4) is 0 Å². The molecule has 0 saturated carbocycles. The Kier molecular flexibility index (Phi) is 3.69. The predicted octanol–water partition coefficient (Wildman–Crippen LogP) is 0.209. The molecule has 2 heterocycles. The van der Waals surface area contributed by atoms with Crippen LogP contribution in [0, 0.1) is 0 Å². The molecule has 1 aliphatic heterocycles. The summed E-state index contributed by atoms with van der Waals surface area (Å²) in [5.74, 6) is 1.47. The number of nitrogens with zero attached hydrogens (tertiary/aromatic N) is 3. The van der Waals surface area contributed by atoms with Crippen molar-refractivity contribution in [2.75, 3.05) is 26.2 Å². The van der Waals surface area contributed by atoms with Gasteiger partial charge in [0, 0.05) is 25.9 Å². The highest BCUT2D eigenvalue weighted by Gasteiger charge is 2.12. The van der Waals surface area contributed by atoms with Gasteiger partial charge in [-0.1, -0.05) is 5.16 Å². The first kappa shape index (κ1) is 10.6. The van der Waals surface area contributed by atoms with Crippen LogP contribution in [0.25, 0.3) is 0 Å². The lowest BCUT2D eigenvalue weighted by Crippen LogP contribution is -2.22. The van der Waals surface area contributed by atoms with E-state index in [1.54, 1.807) is 0 Å². The maximum Gasteiger partial charge on any atom is 0.227 e. The minimum atomic E-state index is 0.563. The second-order valence-electron chi connectivity index (χ2n) is 3.94. The van der Waals surface area contributed by atoms with Crippen molar-refractivity contribution < 1.29 is 4.52 Å². The standard InChI is InChI=1S/C10H18N4O/c11-5-3-10-12-9(13-15-10)4-8-14-6-1-2-7-14/h1-8,11H2. The Morgan fingerprint density at radius 2 is 2.07 bits per heavy atom. The molecule has 0 aromatic carbocycles. The zero-order chi connectivity index (χ0) is 10.5. The van der Waals surface area contributed by atoms with Crippen LogP contribution in [0.3, 0.4) is 0 Å². The molecule has 5 heteroatoms. The van der Waals surface area contributed by atoms with Gasteiger partial charge in [0.1, 0.15) is 0 Å². The Morgan fingerprint density at radius 1 is 1.27 bits per heavy atom. The maximum absolute atomic E-state index is 5.41. The van der Waals surface area contributed by atoms with Crippen LogP contribution < -0.4 is 5.73 Å². The molecular weight excluding hydrogens is 192 g/mol. The smallest absolute Gasteiger partial charge is 0.227 e. The first-order chi connectivity index (χ1) is 7.38. The summed E-state index contributed by atoms with van der Waals surface area (Å²) in [5, 5.41) is 3.93. The molecule has 0 amide bonds. The van der Waals surface area contributed by atoms with Gasteiger partial charge in [0.05, 0.1) is 0 Å². The molecule has 0 bridgehead atoms. The monoisotopic (exact) mass is 210 g/mol. The molecule has 1 fully saturated rings. The molecule has 0 aliphatic carbocycles. The Morgan fingerprint density at radius 3 is 2.80 bits per heavy atom. The summed E-state index contributed by atoms with van der Waals surface area (Å²) in [6.45, 7) is 4.04. The normalized spacial score (nSPS) is 17.4. The van der Waals surface area contributed by atoms with Crippen LogP contribution in [0.1, 0.15) is 24.6 Å². The molecule has 84 valence electrons.